The highest BCUT2D eigenvalue weighted by atomic mass is 15.2. The molecule has 0 bridgehead atoms. The lowest BCUT2D eigenvalue weighted by Crippen LogP contribution is -2.04. The topological polar surface area (TPSA) is 35.6 Å². The second-order valence-electron chi connectivity index (χ2n) is 15.0. The molecule has 0 aliphatic carbocycles. The van der Waals surface area contributed by atoms with Crippen LogP contribution < -0.4 is 0 Å². The summed E-state index contributed by atoms with van der Waals surface area (Å²) in [7, 11) is 0. The molecule has 270 valence electrons. The van der Waals surface area contributed by atoms with Gasteiger partial charge in [-0.3, -0.25) is 4.57 Å². The van der Waals surface area contributed by atoms with Crippen molar-refractivity contribution in [2.75, 3.05) is 0 Å². The molecule has 12 aromatic rings. The van der Waals surface area contributed by atoms with Crippen molar-refractivity contribution in [1.82, 2.24) is 19.1 Å². The van der Waals surface area contributed by atoms with Crippen LogP contribution in [0, 0.1) is 0 Å². The Hall–Kier alpha value is -7.82. The maximum Gasteiger partial charge on any atom is 0.235 e. The van der Waals surface area contributed by atoms with Crippen molar-refractivity contribution in [2.24, 2.45) is 0 Å². The summed E-state index contributed by atoms with van der Waals surface area (Å²) in [4.78, 5) is 11.0. The minimum Gasteiger partial charge on any atom is -0.309 e. The molecule has 9 aromatic carbocycles. The van der Waals surface area contributed by atoms with E-state index < -0.39 is 0 Å². The van der Waals surface area contributed by atoms with Gasteiger partial charge in [-0.1, -0.05) is 152 Å². The molecule has 3 heterocycles. The second-order valence-corrected chi connectivity index (χ2v) is 15.0. The molecule has 3 aromatic heterocycles. The molecule has 0 radical (unpaired) electrons. The minimum atomic E-state index is 0.644. The molecular weight excluding hydrogens is 705 g/mol. The Bertz CT molecular complexity index is 3550. The fraction of sp³-hybridized carbons (Fsp3) is 0. The summed E-state index contributed by atoms with van der Waals surface area (Å²) in [5.74, 6) is 0.644. The van der Waals surface area contributed by atoms with Crippen LogP contribution in [-0.4, -0.2) is 19.1 Å². The number of hydrogen-bond acceptors (Lipinski definition) is 2. The van der Waals surface area contributed by atoms with Gasteiger partial charge in [0.25, 0.3) is 0 Å². The molecule has 4 nitrogen and oxygen atoms in total. The Balaban J connectivity index is 1.18. The number of rotatable bonds is 5. The molecule has 0 saturated carbocycles. The van der Waals surface area contributed by atoms with Gasteiger partial charge in [0.2, 0.25) is 5.95 Å². The number of para-hydroxylation sites is 3. The highest BCUT2D eigenvalue weighted by Crippen LogP contribution is 2.42. The van der Waals surface area contributed by atoms with Crippen molar-refractivity contribution in [3.63, 3.8) is 0 Å². The molecule has 58 heavy (non-hydrogen) atoms. The zero-order valence-electron chi connectivity index (χ0n) is 31.4. The normalized spacial score (nSPS) is 11.8. The predicted molar refractivity (Wildman–Crippen MR) is 242 cm³/mol. The van der Waals surface area contributed by atoms with Crippen LogP contribution in [0.1, 0.15) is 0 Å². The van der Waals surface area contributed by atoms with E-state index in [1.165, 1.54) is 37.8 Å². The van der Waals surface area contributed by atoms with Crippen molar-refractivity contribution in [2.45, 2.75) is 0 Å². The van der Waals surface area contributed by atoms with Gasteiger partial charge in [-0.25, -0.2) is 9.97 Å². The first-order valence-electron chi connectivity index (χ1n) is 19.7. The van der Waals surface area contributed by atoms with Crippen LogP contribution in [0.5, 0.6) is 0 Å². The number of benzene rings is 9. The molecule has 0 amide bonds. The van der Waals surface area contributed by atoms with E-state index in [2.05, 4.69) is 215 Å². The van der Waals surface area contributed by atoms with Gasteiger partial charge in [-0.2, -0.15) is 0 Å². The highest BCUT2D eigenvalue weighted by molar-refractivity contribution is 6.14. The third kappa shape index (κ3) is 5.02. The predicted octanol–water partition coefficient (Wildman–Crippen LogP) is 14.0. The number of aromatic nitrogens is 4. The third-order valence-electron chi connectivity index (χ3n) is 11.7. The van der Waals surface area contributed by atoms with Crippen molar-refractivity contribution in [3.8, 4) is 45.1 Å². The maximum absolute atomic E-state index is 5.51. The number of nitrogens with zero attached hydrogens (tertiary/aromatic N) is 4. The smallest absolute Gasteiger partial charge is 0.235 e. The lowest BCUT2D eigenvalue weighted by atomic mass is 9.91. The van der Waals surface area contributed by atoms with Gasteiger partial charge in [-0.05, 0) is 87.6 Å². The molecular formula is C54H34N4. The first-order valence-corrected chi connectivity index (χ1v) is 19.7. The summed E-state index contributed by atoms with van der Waals surface area (Å²) in [5, 5.41) is 8.21. The summed E-state index contributed by atoms with van der Waals surface area (Å²) >= 11 is 0. The van der Waals surface area contributed by atoms with Crippen molar-refractivity contribution in [1.29, 1.82) is 0 Å². The SMILES string of the molecule is c1ccc(-c2cc3c(-c4ccccc4)nc(-n4c5ccccc5c5cc6ccccc6cc54)nc3cc2-c2ccc3c4ccccc4n(-c4ccccc4)c3c2)cc1. The van der Waals surface area contributed by atoms with Crippen LogP contribution in [0.25, 0.3) is 110 Å². The summed E-state index contributed by atoms with van der Waals surface area (Å²) in [6.45, 7) is 0. The van der Waals surface area contributed by atoms with Crippen LogP contribution in [0.3, 0.4) is 0 Å². The van der Waals surface area contributed by atoms with E-state index in [1.54, 1.807) is 0 Å². The van der Waals surface area contributed by atoms with Gasteiger partial charge in [0, 0.05) is 38.2 Å². The zero-order chi connectivity index (χ0) is 38.2. The lowest BCUT2D eigenvalue weighted by Gasteiger charge is -2.17. The number of fused-ring (bicyclic) bond motifs is 8. The molecule has 0 aliphatic rings. The molecule has 0 fully saturated rings. The fourth-order valence-electron chi connectivity index (χ4n) is 9.04. The molecule has 0 unspecified atom stereocenters. The average molecular weight is 739 g/mol. The van der Waals surface area contributed by atoms with E-state index in [1.807, 2.05) is 0 Å². The van der Waals surface area contributed by atoms with E-state index in [9.17, 15) is 0 Å². The second kappa shape index (κ2) is 12.9. The fourth-order valence-corrected chi connectivity index (χ4v) is 9.04. The first-order chi connectivity index (χ1) is 28.8. The largest absolute Gasteiger partial charge is 0.309 e. The Kier molecular flexibility index (Phi) is 7.20. The maximum atomic E-state index is 5.51. The molecule has 0 aliphatic heterocycles. The van der Waals surface area contributed by atoms with Crippen LogP contribution >= 0.6 is 0 Å². The number of hydrogen-bond donors (Lipinski definition) is 0. The van der Waals surface area contributed by atoms with E-state index >= 15 is 0 Å². The molecule has 0 saturated heterocycles. The lowest BCUT2D eigenvalue weighted by molar-refractivity contribution is 1.01. The summed E-state index contributed by atoms with van der Waals surface area (Å²) in [6.07, 6.45) is 0. The van der Waals surface area contributed by atoms with Crippen LogP contribution in [0.2, 0.25) is 0 Å². The van der Waals surface area contributed by atoms with Crippen molar-refractivity contribution in [3.05, 3.63) is 206 Å². The standard InChI is InChI=1S/C54H34N4/c1-4-16-35(17-5-1)44-33-47-48(34-45(44)39-28-29-43-41-24-12-14-26-49(41)57(51(43)32-39)40-22-8-3-9-23-40)55-54(56-53(47)36-18-6-2-7-19-36)58-50-27-15-13-25-42(50)46-30-37-20-10-11-21-38(37)31-52(46)58/h1-34H. The van der Waals surface area contributed by atoms with Crippen LogP contribution in [-0.2, 0) is 0 Å². The van der Waals surface area contributed by atoms with Gasteiger partial charge in [0.15, 0.2) is 0 Å². The van der Waals surface area contributed by atoms with E-state index in [0.717, 1.165) is 66.7 Å². The quantitative estimate of drug-likeness (QED) is 0.176. The van der Waals surface area contributed by atoms with Crippen molar-refractivity contribution >= 4 is 65.3 Å². The Morgan fingerprint density at radius 1 is 0.310 bits per heavy atom. The Morgan fingerprint density at radius 2 is 0.862 bits per heavy atom. The van der Waals surface area contributed by atoms with Gasteiger partial charge in [-0.15, -0.1) is 0 Å². The average Bonchev–Trinajstić information content (AvgIpc) is 3.80. The molecule has 4 heteroatoms. The summed E-state index contributed by atoms with van der Waals surface area (Å²) in [6, 6.07) is 73.9. The first kappa shape index (κ1) is 32.4. The highest BCUT2D eigenvalue weighted by Gasteiger charge is 2.21. The van der Waals surface area contributed by atoms with Crippen molar-refractivity contribution < 1.29 is 0 Å². The van der Waals surface area contributed by atoms with E-state index in [0.29, 0.717) is 5.95 Å². The monoisotopic (exact) mass is 738 g/mol. The third-order valence-corrected chi connectivity index (χ3v) is 11.7. The zero-order valence-corrected chi connectivity index (χ0v) is 31.4. The van der Waals surface area contributed by atoms with E-state index in [4.69, 9.17) is 9.97 Å². The van der Waals surface area contributed by atoms with Gasteiger partial charge in [0.05, 0.1) is 33.3 Å². The minimum absolute atomic E-state index is 0.644. The molecule has 0 N–H and O–H groups in total. The Morgan fingerprint density at radius 3 is 1.60 bits per heavy atom. The van der Waals surface area contributed by atoms with Crippen LogP contribution in [0.15, 0.2) is 206 Å². The summed E-state index contributed by atoms with van der Waals surface area (Å²) < 4.78 is 4.63. The van der Waals surface area contributed by atoms with Gasteiger partial charge < -0.3 is 4.57 Å². The Labute approximate surface area is 334 Å². The summed E-state index contributed by atoms with van der Waals surface area (Å²) in [5.41, 5.74) is 13.0. The molecule has 0 spiro atoms. The van der Waals surface area contributed by atoms with Crippen LogP contribution in [0.4, 0.5) is 0 Å². The van der Waals surface area contributed by atoms with Gasteiger partial charge in [0.1, 0.15) is 0 Å². The molecule has 12 rings (SSSR count). The van der Waals surface area contributed by atoms with Gasteiger partial charge >= 0.3 is 0 Å². The van der Waals surface area contributed by atoms with E-state index in [-0.39, 0.29) is 0 Å². The molecule has 0 atom stereocenters.